The maximum Gasteiger partial charge on any atom is 0.231 e. The molecule has 0 N–H and O–H groups in total. The zero-order chi connectivity index (χ0) is 16.4. The molecule has 1 heterocycles. The van der Waals surface area contributed by atoms with Gasteiger partial charge in [0.15, 0.2) is 0 Å². The fourth-order valence-corrected chi connectivity index (χ4v) is 4.04. The second kappa shape index (κ2) is 6.79. The molecule has 0 aromatic heterocycles. The topological polar surface area (TPSA) is 20.3 Å². The van der Waals surface area contributed by atoms with Crippen molar-refractivity contribution in [2.75, 3.05) is 11.4 Å². The summed E-state index contributed by atoms with van der Waals surface area (Å²) in [6, 6.07) is 14.6. The number of para-hydroxylation sites is 1. The van der Waals surface area contributed by atoms with Crippen LogP contribution in [0.2, 0.25) is 0 Å². The zero-order valence-corrected chi connectivity index (χ0v) is 14.8. The highest BCUT2D eigenvalue weighted by Gasteiger charge is 2.24. The first kappa shape index (κ1) is 16.1. The first-order valence-electron chi connectivity index (χ1n) is 8.17. The maximum absolute atomic E-state index is 12.9. The largest absolute Gasteiger partial charge is 0.311 e. The van der Waals surface area contributed by atoms with Gasteiger partial charge in [0.05, 0.1) is 12.1 Å². The molecule has 0 saturated carbocycles. The predicted octanol–water partition coefficient (Wildman–Crippen LogP) is 4.76. The number of benzene rings is 2. The molecular formula is C20H23NOS. The summed E-state index contributed by atoms with van der Waals surface area (Å²) >= 11 is 1.87. The van der Waals surface area contributed by atoms with E-state index < -0.39 is 0 Å². The Labute approximate surface area is 142 Å². The molecule has 0 saturated heterocycles. The van der Waals surface area contributed by atoms with Crippen LogP contribution in [0.3, 0.4) is 0 Å². The Balaban J connectivity index is 1.85. The van der Waals surface area contributed by atoms with E-state index in [4.69, 9.17) is 0 Å². The van der Waals surface area contributed by atoms with E-state index in [1.165, 1.54) is 16.0 Å². The van der Waals surface area contributed by atoms with Gasteiger partial charge in [-0.05, 0) is 49.1 Å². The quantitative estimate of drug-likeness (QED) is 0.793. The van der Waals surface area contributed by atoms with Crippen molar-refractivity contribution in [2.45, 2.75) is 43.8 Å². The van der Waals surface area contributed by atoms with E-state index in [1.54, 1.807) is 0 Å². The van der Waals surface area contributed by atoms with Crippen molar-refractivity contribution in [3.8, 4) is 0 Å². The molecule has 120 valence electrons. The van der Waals surface area contributed by atoms with E-state index in [0.717, 1.165) is 24.2 Å². The number of aryl methyl sites for hydroxylation is 2. The molecule has 1 atom stereocenters. The molecule has 2 aromatic carbocycles. The van der Waals surface area contributed by atoms with Gasteiger partial charge in [-0.1, -0.05) is 37.3 Å². The Morgan fingerprint density at radius 1 is 1.17 bits per heavy atom. The molecule has 0 bridgehead atoms. The molecule has 0 radical (unpaired) electrons. The van der Waals surface area contributed by atoms with Crippen LogP contribution in [0.5, 0.6) is 0 Å². The number of rotatable bonds is 2. The van der Waals surface area contributed by atoms with Gasteiger partial charge in [0, 0.05) is 16.7 Å². The summed E-state index contributed by atoms with van der Waals surface area (Å²) in [7, 11) is 0. The van der Waals surface area contributed by atoms with E-state index in [0.29, 0.717) is 11.7 Å². The average molecular weight is 325 g/mol. The number of carbonyl (C=O) groups excluding carboxylic acids is 1. The summed E-state index contributed by atoms with van der Waals surface area (Å²) in [5.41, 5.74) is 4.68. The van der Waals surface area contributed by atoms with Gasteiger partial charge in [-0.2, -0.15) is 0 Å². The van der Waals surface area contributed by atoms with Gasteiger partial charge in [0.25, 0.3) is 0 Å². The van der Waals surface area contributed by atoms with Crippen molar-refractivity contribution in [2.24, 2.45) is 0 Å². The van der Waals surface area contributed by atoms with Crippen molar-refractivity contribution in [1.29, 1.82) is 0 Å². The number of anilines is 1. The molecule has 0 aliphatic carbocycles. The van der Waals surface area contributed by atoms with Crippen molar-refractivity contribution in [3.05, 3.63) is 59.2 Å². The molecule has 1 aliphatic heterocycles. The van der Waals surface area contributed by atoms with E-state index in [-0.39, 0.29) is 5.91 Å². The lowest BCUT2D eigenvalue weighted by Crippen LogP contribution is -2.33. The van der Waals surface area contributed by atoms with Crippen LogP contribution in [-0.2, 0) is 11.2 Å². The van der Waals surface area contributed by atoms with Crippen LogP contribution < -0.4 is 4.90 Å². The number of amides is 1. The standard InChI is InChI=1S/C20H23NOS/c1-14-8-9-17(12-15(14)2)13-20(22)21-11-10-16(3)23-19-7-5-4-6-18(19)21/h4-9,12,16H,10-11,13H2,1-3H3. The zero-order valence-electron chi connectivity index (χ0n) is 14.0. The predicted molar refractivity (Wildman–Crippen MR) is 98.4 cm³/mol. The Morgan fingerprint density at radius 2 is 1.96 bits per heavy atom. The van der Waals surface area contributed by atoms with Gasteiger partial charge in [0.2, 0.25) is 5.91 Å². The summed E-state index contributed by atoms with van der Waals surface area (Å²) in [5, 5.41) is 0.538. The fourth-order valence-electron chi connectivity index (χ4n) is 2.93. The molecule has 3 heteroatoms. The molecule has 0 fully saturated rings. The van der Waals surface area contributed by atoms with Crippen molar-refractivity contribution in [1.82, 2.24) is 0 Å². The van der Waals surface area contributed by atoms with Gasteiger partial charge in [0.1, 0.15) is 0 Å². The first-order valence-corrected chi connectivity index (χ1v) is 9.05. The minimum absolute atomic E-state index is 0.190. The normalized spacial score (nSPS) is 17.5. The number of thioether (sulfide) groups is 1. The molecule has 0 spiro atoms. The molecule has 1 amide bonds. The van der Waals surface area contributed by atoms with Crippen LogP contribution in [0.15, 0.2) is 47.4 Å². The van der Waals surface area contributed by atoms with Crippen molar-refractivity contribution >= 4 is 23.4 Å². The Kier molecular flexibility index (Phi) is 4.76. The summed E-state index contributed by atoms with van der Waals surface area (Å²) in [4.78, 5) is 16.1. The third kappa shape index (κ3) is 3.61. The maximum atomic E-state index is 12.9. The summed E-state index contributed by atoms with van der Waals surface area (Å²) < 4.78 is 0. The van der Waals surface area contributed by atoms with Gasteiger partial charge < -0.3 is 4.90 Å². The number of fused-ring (bicyclic) bond motifs is 1. The smallest absolute Gasteiger partial charge is 0.231 e. The van der Waals surface area contributed by atoms with Crippen LogP contribution in [0.1, 0.15) is 30.0 Å². The Bertz CT molecular complexity index is 725. The van der Waals surface area contributed by atoms with E-state index in [9.17, 15) is 4.79 Å². The third-order valence-electron chi connectivity index (χ3n) is 4.47. The monoisotopic (exact) mass is 325 g/mol. The molecule has 3 rings (SSSR count). The minimum Gasteiger partial charge on any atom is -0.311 e. The highest BCUT2D eigenvalue weighted by Crippen LogP contribution is 2.37. The van der Waals surface area contributed by atoms with E-state index in [2.05, 4.69) is 57.2 Å². The molecule has 2 nitrogen and oxygen atoms in total. The van der Waals surface area contributed by atoms with Crippen LogP contribution >= 0.6 is 11.8 Å². The van der Waals surface area contributed by atoms with Crippen LogP contribution in [0.4, 0.5) is 5.69 Å². The fraction of sp³-hybridized carbons (Fsp3) is 0.350. The van der Waals surface area contributed by atoms with E-state index >= 15 is 0 Å². The molecule has 1 aliphatic rings. The number of hydrogen-bond donors (Lipinski definition) is 0. The molecule has 2 aromatic rings. The third-order valence-corrected chi connectivity index (χ3v) is 5.71. The van der Waals surface area contributed by atoms with Gasteiger partial charge in [-0.3, -0.25) is 4.79 Å². The highest BCUT2D eigenvalue weighted by molar-refractivity contribution is 8.00. The van der Waals surface area contributed by atoms with E-state index in [1.807, 2.05) is 22.7 Å². The molecule has 23 heavy (non-hydrogen) atoms. The lowest BCUT2D eigenvalue weighted by molar-refractivity contribution is -0.118. The number of hydrogen-bond acceptors (Lipinski definition) is 2. The Hall–Kier alpha value is -1.74. The SMILES string of the molecule is Cc1ccc(CC(=O)N2CCC(C)Sc3ccccc32)cc1C. The van der Waals surface area contributed by atoms with Gasteiger partial charge in [-0.15, -0.1) is 11.8 Å². The second-order valence-electron chi connectivity index (χ2n) is 6.33. The minimum atomic E-state index is 0.190. The molecular weight excluding hydrogens is 302 g/mol. The van der Waals surface area contributed by atoms with Crippen LogP contribution in [0, 0.1) is 13.8 Å². The summed E-state index contributed by atoms with van der Waals surface area (Å²) in [6.07, 6.45) is 1.49. The Morgan fingerprint density at radius 3 is 2.74 bits per heavy atom. The summed E-state index contributed by atoms with van der Waals surface area (Å²) in [6.45, 7) is 7.24. The van der Waals surface area contributed by atoms with Crippen molar-refractivity contribution in [3.63, 3.8) is 0 Å². The number of carbonyl (C=O) groups is 1. The highest BCUT2D eigenvalue weighted by atomic mass is 32.2. The van der Waals surface area contributed by atoms with Gasteiger partial charge in [-0.25, -0.2) is 0 Å². The number of nitrogens with zero attached hydrogens (tertiary/aromatic N) is 1. The first-order chi connectivity index (χ1) is 11.0. The van der Waals surface area contributed by atoms with Gasteiger partial charge >= 0.3 is 0 Å². The average Bonchev–Trinajstić information content (AvgIpc) is 2.69. The van der Waals surface area contributed by atoms with Crippen LogP contribution in [0.25, 0.3) is 0 Å². The second-order valence-corrected chi connectivity index (χ2v) is 7.81. The summed E-state index contributed by atoms with van der Waals surface area (Å²) in [5.74, 6) is 0.190. The van der Waals surface area contributed by atoms with Crippen LogP contribution in [-0.4, -0.2) is 17.7 Å². The van der Waals surface area contributed by atoms with Crippen molar-refractivity contribution < 1.29 is 4.79 Å². The molecule has 1 unspecified atom stereocenters. The lowest BCUT2D eigenvalue weighted by atomic mass is 10.0. The lowest BCUT2D eigenvalue weighted by Gasteiger charge is -2.22.